The van der Waals surface area contributed by atoms with Crippen molar-refractivity contribution in [2.75, 3.05) is 6.61 Å². The van der Waals surface area contributed by atoms with Crippen LogP contribution in [0.15, 0.2) is 23.4 Å². The van der Waals surface area contributed by atoms with Crippen molar-refractivity contribution in [1.82, 2.24) is 14.8 Å². The maximum Gasteiger partial charge on any atom is 0.191 e. The Balaban J connectivity index is 1.50. The molecule has 1 atom stereocenters. The molecule has 1 saturated carbocycles. The minimum atomic E-state index is 0.294. The molecule has 7 heteroatoms. The molecule has 0 spiro atoms. The van der Waals surface area contributed by atoms with Crippen LogP contribution < -0.4 is 0 Å². The van der Waals surface area contributed by atoms with Gasteiger partial charge in [0.1, 0.15) is 5.82 Å². The van der Waals surface area contributed by atoms with Gasteiger partial charge in [-0.3, -0.25) is 0 Å². The monoisotopic (exact) mass is 383 g/mol. The fraction of sp³-hybridized carbons (Fsp3) is 0.529. The van der Waals surface area contributed by atoms with E-state index in [1.807, 2.05) is 18.2 Å². The number of benzene rings is 1. The van der Waals surface area contributed by atoms with Crippen LogP contribution in [0.3, 0.4) is 0 Å². The summed E-state index contributed by atoms with van der Waals surface area (Å²) in [5.74, 6) is 2.51. The van der Waals surface area contributed by atoms with Gasteiger partial charge in [0.2, 0.25) is 0 Å². The van der Waals surface area contributed by atoms with Crippen LogP contribution in [0.2, 0.25) is 10.0 Å². The van der Waals surface area contributed by atoms with Gasteiger partial charge in [-0.25, -0.2) is 0 Å². The standard InChI is InChI=1S/C17H19Cl2N3OS/c18-14-6-3-11(8-15(14)19)10-24-17-21-20-16(12-4-5-12)22(17)9-13-2-1-7-23-13/h3,6,8,12-13H,1-2,4-5,7,9-10H2. The van der Waals surface area contributed by atoms with Crippen LogP contribution in [0.1, 0.15) is 43.0 Å². The molecule has 0 bridgehead atoms. The minimum Gasteiger partial charge on any atom is -0.376 e. The van der Waals surface area contributed by atoms with E-state index in [-0.39, 0.29) is 0 Å². The van der Waals surface area contributed by atoms with Crippen molar-refractivity contribution in [3.8, 4) is 0 Å². The average Bonchev–Trinajstić information content (AvgIpc) is 3.14. The van der Waals surface area contributed by atoms with E-state index < -0.39 is 0 Å². The molecule has 2 aliphatic rings. The van der Waals surface area contributed by atoms with Gasteiger partial charge in [0, 0.05) is 18.3 Å². The van der Waals surface area contributed by atoms with Crippen LogP contribution in [0.25, 0.3) is 0 Å². The first-order valence-electron chi connectivity index (χ1n) is 8.32. The van der Waals surface area contributed by atoms with E-state index in [1.165, 1.54) is 12.8 Å². The van der Waals surface area contributed by atoms with Gasteiger partial charge in [0.25, 0.3) is 0 Å². The van der Waals surface area contributed by atoms with Crippen molar-refractivity contribution in [2.24, 2.45) is 0 Å². The predicted molar refractivity (Wildman–Crippen MR) is 97.0 cm³/mol. The topological polar surface area (TPSA) is 39.9 Å². The summed E-state index contributed by atoms with van der Waals surface area (Å²) < 4.78 is 8.08. The summed E-state index contributed by atoms with van der Waals surface area (Å²) in [7, 11) is 0. The van der Waals surface area contributed by atoms with E-state index in [4.69, 9.17) is 27.9 Å². The highest BCUT2D eigenvalue weighted by atomic mass is 35.5. The molecule has 128 valence electrons. The molecular formula is C17H19Cl2N3OS. The number of thioether (sulfide) groups is 1. The molecule has 1 aliphatic heterocycles. The number of nitrogens with zero attached hydrogens (tertiary/aromatic N) is 3. The Morgan fingerprint density at radius 1 is 1.17 bits per heavy atom. The van der Waals surface area contributed by atoms with E-state index in [9.17, 15) is 0 Å². The fourth-order valence-corrected chi connectivity index (χ4v) is 4.21. The highest BCUT2D eigenvalue weighted by Gasteiger charge is 2.31. The molecule has 1 aromatic heterocycles. The molecule has 2 heterocycles. The number of rotatable bonds is 6. The summed E-state index contributed by atoms with van der Waals surface area (Å²) in [4.78, 5) is 0. The van der Waals surface area contributed by atoms with Crippen molar-refractivity contribution in [1.29, 1.82) is 0 Å². The van der Waals surface area contributed by atoms with E-state index in [0.717, 1.165) is 48.3 Å². The summed E-state index contributed by atoms with van der Waals surface area (Å²) in [5.41, 5.74) is 1.13. The third-order valence-corrected chi connectivity index (χ3v) is 6.23. The molecule has 2 fully saturated rings. The second-order valence-corrected chi connectivity index (χ2v) is 8.15. The van der Waals surface area contributed by atoms with Crippen LogP contribution >= 0.6 is 35.0 Å². The average molecular weight is 384 g/mol. The van der Waals surface area contributed by atoms with Crippen molar-refractivity contribution >= 4 is 35.0 Å². The van der Waals surface area contributed by atoms with E-state index in [2.05, 4.69) is 14.8 Å². The molecule has 1 unspecified atom stereocenters. The van der Waals surface area contributed by atoms with Gasteiger partial charge in [-0.15, -0.1) is 10.2 Å². The Morgan fingerprint density at radius 2 is 2.04 bits per heavy atom. The molecular weight excluding hydrogens is 365 g/mol. The Morgan fingerprint density at radius 3 is 2.75 bits per heavy atom. The molecule has 2 aromatic rings. The van der Waals surface area contributed by atoms with Crippen LogP contribution in [0.5, 0.6) is 0 Å². The summed E-state index contributed by atoms with van der Waals surface area (Å²) in [5, 5.41) is 11.0. The van der Waals surface area contributed by atoms with Crippen molar-refractivity contribution in [3.63, 3.8) is 0 Å². The molecule has 1 saturated heterocycles. The van der Waals surface area contributed by atoms with Gasteiger partial charge in [-0.2, -0.15) is 0 Å². The summed E-state index contributed by atoms with van der Waals surface area (Å²) in [6.07, 6.45) is 5.02. The predicted octanol–water partition coefficient (Wildman–Crippen LogP) is 4.93. The van der Waals surface area contributed by atoms with Crippen LogP contribution in [-0.2, 0) is 17.0 Å². The second-order valence-electron chi connectivity index (χ2n) is 6.40. The highest BCUT2D eigenvalue weighted by molar-refractivity contribution is 7.98. The normalized spacial score (nSPS) is 20.7. The zero-order chi connectivity index (χ0) is 16.5. The quantitative estimate of drug-likeness (QED) is 0.662. The molecule has 4 rings (SSSR count). The Kier molecular flexibility index (Phi) is 5.04. The molecule has 1 aliphatic carbocycles. The number of hydrogen-bond acceptors (Lipinski definition) is 4. The summed E-state index contributed by atoms with van der Waals surface area (Å²) in [6.45, 7) is 1.74. The molecule has 0 amide bonds. The first-order valence-corrected chi connectivity index (χ1v) is 10.1. The highest BCUT2D eigenvalue weighted by Crippen LogP contribution is 2.40. The van der Waals surface area contributed by atoms with Gasteiger partial charge in [-0.05, 0) is 43.4 Å². The SMILES string of the molecule is Clc1ccc(CSc2nnc(C3CC3)n2CC2CCCO2)cc1Cl. The summed E-state index contributed by atoms with van der Waals surface area (Å²) in [6, 6.07) is 5.76. The fourth-order valence-electron chi connectivity index (χ4n) is 2.99. The Labute approximate surface area is 155 Å². The molecule has 24 heavy (non-hydrogen) atoms. The van der Waals surface area contributed by atoms with Crippen LogP contribution in [0, 0.1) is 0 Å². The Hall–Kier alpha value is -0.750. The smallest absolute Gasteiger partial charge is 0.191 e. The number of halogens is 2. The molecule has 4 nitrogen and oxygen atoms in total. The van der Waals surface area contributed by atoms with Crippen LogP contribution in [-0.4, -0.2) is 27.5 Å². The van der Waals surface area contributed by atoms with Gasteiger partial charge >= 0.3 is 0 Å². The van der Waals surface area contributed by atoms with Crippen molar-refractivity contribution in [2.45, 2.75) is 55.2 Å². The lowest BCUT2D eigenvalue weighted by Gasteiger charge is -2.14. The second kappa shape index (κ2) is 7.24. The zero-order valence-corrected chi connectivity index (χ0v) is 15.6. The molecule has 0 radical (unpaired) electrons. The van der Waals surface area contributed by atoms with E-state index in [0.29, 0.717) is 22.1 Å². The number of aromatic nitrogens is 3. The van der Waals surface area contributed by atoms with Crippen molar-refractivity contribution < 1.29 is 4.74 Å². The lowest BCUT2D eigenvalue weighted by molar-refractivity contribution is 0.0942. The molecule has 0 N–H and O–H groups in total. The molecule has 1 aromatic carbocycles. The third-order valence-electron chi connectivity index (χ3n) is 4.45. The van der Waals surface area contributed by atoms with Crippen molar-refractivity contribution in [3.05, 3.63) is 39.6 Å². The van der Waals surface area contributed by atoms with Gasteiger partial charge < -0.3 is 9.30 Å². The van der Waals surface area contributed by atoms with Crippen LogP contribution in [0.4, 0.5) is 0 Å². The number of ether oxygens (including phenoxy) is 1. The van der Waals surface area contributed by atoms with E-state index >= 15 is 0 Å². The lowest BCUT2D eigenvalue weighted by Crippen LogP contribution is -2.17. The minimum absolute atomic E-state index is 0.294. The maximum absolute atomic E-state index is 6.10. The first-order chi connectivity index (χ1) is 11.7. The lowest BCUT2D eigenvalue weighted by atomic mass is 10.2. The first kappa shape index (κ1) is 16.7. The van der Waals surface area contributed by atoms with Gasteiger partial charge in [-0.1, -0.05) is 41.0 Å². The number of hydrogen-bond donors (Lipinski definition) is 0. The van der Waals surface area contributed by atoms with E-state index in [1.54, 1.807) is 11.8 Å². The van der Waals surface area contributed by atoms with Gasteiger partial charge in [0.05, 0.1) is 22.7 Å². The van der Waals surface area contributed by atoms with Gasteiger partial charge in [0.15, 0.2) is 5.16 Å². The summed E-state index contributed by atoms with van der Waals surface area (Å²) >= 11 is 13.8. The maximum atomic E-state index is 6.10. The largest absolute Gasteiger partial charge is 0.376 e. The Bertz CT molecular complexity index is 727. The zero-order valence-electron chi connectivity index (χ0n) is 13.3. The third kappa shape index (κ3) is 3.74.